The second-order valence-corrected chi connectivity index (χ2v) is 6.06. The Kier molecular flexibility index (Phi) is 5.65. The van der Waals surface area contributed by atoms with Gasteiger partial charge in [0.25, 0.3) is 0 Å². The van der Waals surface area contributed by atoms with Crippen molar-refractivity contribution in [1.82, 2.24) is 14.8 Å². The zero-order chi connectivity index (χ0) is 17.1. The molecule has 2 rings (SSSR count). The summed E-state index contributed by atoms with van der Waals surface area (Å²) in [6.07, 6.45) is 1.67. The molecule has 0 saturated heterocycles. The van der Waals surface area contributed by atoms with Gasteiger partial charge in [0.2, 0.25) is 0 Å². The van der Waals surface area contributed by atoms with Gasteiger partial charge in [0.1, 0.15) is 10.2 Å². The van der Waals surface area contributed by atoms with Gasteiger partial charge in [0.15, 0.2) is 5.69 Å². The average molecular weight is 356 g/mol. The lowest BCUT2D eigenvalue weighted by Crippen LogP contribution is -2.07. The van der Waals surface area contributed by atoms with Crippen molar-refractivity contribution in [2.75, 3.05) is 6.61 Å². The van der Waals surface area contributed by atoms with Crippen molar-refractivity contribution >= 4 is 29.2 Å². The SMILES string of the molecule is CCOC(=O)c1nn(CC)c(-c2cnc(Cl)cc2C(C)C)c1Cl. The lowest BCUT2D eigenvalue weighted by molar-refractivity contribution is 0.0518. The van der Waals surface area contributed by atoms with E-state index in [9.17, 15) is 4.79 Å². The summed E-state index contributed by atoms with van der Waals surface area (Å²) in [6.45, 7) is 8.62. The minimum absolute atomic E-state index is 0.120. The largest absolute Gasteiger partial charge is 0.461 e. The molecule has 2 heterocycles. The summed E-state index contributed by atoms with van der Waals surface area (Å²) in [5, 5.41) is 4.99. The standard InChI is InChI=1S/C16H19Cl2N3O2/c1-5-21-15(13(18)14(20-21)16(22)23-6-2)11-8-19-12(17)7-10(11)9(3)4/h7-9H,5-6H2,1-4H3. The van der Waals surface area contributed by atoms with E-state index in [0.717, 1.165) is 11.1 Å². The molecule has 2 aromatic heterocycles. The number of pyridine rings is 1. The lowest BCUT2D eigenvalue weighted by Gasteiger charge is -2.14. The van der Waals surface area contributed by atoms with Crippen molar-refractivity contribution in [2.24, 2.45) is 0 Å². The van der Waals surface area contributed by atoms with Crippen LogP contribution in [0.2, 0.25) is 10.2 Å². The first-order valence-corrected chi connectivity index (χ1v) is 8.25. The number of nitrogens with zero attached hydrogens (tertiary/aromatic N) is 3. The average Bonchev–Trinajstić information content (AvgIpc) is 2.84. The fourth-order valence-electron chi connectivity index (χ4n) is 2.38. The highest BCUT2D eigenvalue weighted by atomic mass is 35.5. The summed E-state index contributed by atoms with van der Waals surface area (Å²) in [4.78, 5) is 16.2. The number of hydrogen-bond acceptors (Lipinski definition) is 4. The monoisotopic (exact) mass is 355 g/mol. The number of halogens is 2. The Balaban J connectivity index is 2.66. The molecule has 2 aromatic rings. The van der Waals surface area contributed by atoms with E-state index in [1.54, 1.807) is 17.8 Å². The Morgan fingerprint density at radius 1 is 1.35 bits per heavy atom. The predicted octanol–water partition coefficient (Wildman–Crippen LogP) is 4.57. The molecular formula is C16H19Cl2N3O2. The fraction of sp³-hybridized carbons (Fsp3) is 0.438. The number of ether oxygens (including phenoxy) is 1. The van der Waals surface area contributed by atoms with Crippen LogP contribution < -0.4 is 0 Å². The summed E-state index contributed by atoms with van der Waals surface area (Å²) in [5.41, 5.74) is 2.59. The molecule has 23 heavy (non-hydrogen) atoms. The van der Waals surface area contributed by atoms with Crippen LogP contribution in [0, 0.1) is 0 Å². The predicted molar refractivity (Wildman–Crippen MR) is 91.2 cm³/mol. The minimum Gasteiger partial charge on any atom is -0.461 e. The summed E-state index contributed by atoms with van der Waals surface area (Å²) in [6, 6.07) is 1.81. The first-order chi connectivity index (χ1) is 10.9. The Labute approximate surface area is 145 Å². The molecule has 0 aliphatic heterocycles. The number of aromatic nitrogens is 3. The summed E-state index contributed by atoms with van der Waals surface area (Å²) < 4.78 is 6.70. The van der Waals surface area contributed by atoms with Gasteiger partial charge >= 0.3 is 5.97 Å². The van der Waals surface area contributed by atoms with Gasteiger partial charge in [0.05, 0.1) is 12.3 Å². The second kappa shape index (κ2) is 7.32. The highest BCUT2D eigenvalue weighted by molar-refractivity contribution is 6.36. The third-order valence-corrected chi connectivity index (χ3v) is 4.01. The molecule has 0 N–H and O–H groups in total. The number of carbonyl (C=O) groups excluding carboxylic acids is 1. The molecule has 7 heteroatoms. The fourth-order valence-corrected chi connectivity index (χ4v) is 2.86. The maximum absolute atomic E-state index is 12.0. The summed E-state index contributed by atoms with van der Waals surface area (Å²) in [5.74, 6) is -0.313. The van der Waals surface area contributed by atoms with E-state index in [1.807, 2.05) is 13.0 Å². The van der Waals surface area contributed by atoms with Gasteiger partial charge < -0.3 is 4.74 Å². The highest BCUT2D eigenvalue weighted by Crippen LogP contribution is 2.36. The molecule has 0 unspecified atom stereocenters. The smallest absolute Gasteiger partial charge is 0.360 e. The molecule has 5 nitrogen and oxygen atoms in total. The van der Waals surface area contributed by atoms with E-state index in [2.05, 4.69) is 23.9 Å². The molecule has 0 bridgehead atoms. The Morgan fingerprint density at radius 2 is 2.04 bits per heavy atom. The number of carbonyl (C=O) groups is 1. The molecule has 0 spiro atoms. The second-order valence-electron chi connectivity index (χ2n) is 5.30. The van der Waals surface area contributed by atoms with Crippen molar-refractivity contribution in [2.45, 2.75) is 40.2 Å². The van der Waals surface area contributed by atoms with Crippen LogP contribution in [0.3, 0.4) is 0 Å². The summed E-state index contributed by atoms with van der Waals surface area (Å²) in [7, 11) is 0. The number of rotatable bonds is 5. The van der Waals surface area contributed by atoms with Crippen LogP contribution in [0.5, 0.6) is 0 Å². The quantitative estimate of drug-likeness (QED) is 0.582. The van der Waals surface area contributed by atoms with Crippen LogP contribution in [0.25, 0.3) is 11.3 Å². The molecule has 0 atom stereocenters. The molecule has 0 amide bonds. The van der Waals surface area contributed by atoms with Crippen molar-refractivity contribution in [3.8, 4) is 11.3 Å². The van der Waals surface area contributed by atoms with E-state index in [-0.39, 0.29) is 23.2 Å². The maximum atomic E-state index is 12.0. The zero-order valence-corrected chi connectivity index (χ0v) is 15.1. The van der Waals surface area contributed by atoms with Crippen LogP contribution in [-0.2, 0) is 11.3 Å². The summed E-state index contributed by atoms with van der Waals surface area (Å²) >= 11 is 12.5. The van der Waals surface area contributed by atoms with Crippen LogP contribution in [0.15, 0.2) is 12.3 Å². The Morgan fingerprint density at radius 3 is 2.61 bits per heavy atom. The molecule has 0 radical (unpaired) electrons. The van der Waals surface area contributed by atoms with Gasteiger partial charge in [-0.2, -0.15) is 5.10 Å². The van der Waals surface area contributed by atoms with E-state index in [4.69, 9.17) is 27.9 Å². The molecule has 0 fully saturated rings. The van der Waals surface area contributed by atoms with E-state index in [1.165, 1.54) is 0 Å². The van der Waals surface area contributed by atoms with E-state index >= 15 is 0 Å². The van der Waals surface area contributed by atoms with Gasteiger partial charge in [-0.15, -0.1) is 0 Å². The van der Waals surface area contributed by atoms with Crippen LogP contribution in [0.4, 0.5) is 0 Å². The first-order valence-electron chi connectivity index (χ1n) is 7.49. The van der Waals surface area contributed by atoms with Gasteiger partial charge in [-0.1, -0.05) is 37.0 Å². The number of esters is 1. The van der Waals surface area contributed by atoms with Gasteiger partial charge in [-0.05, 0) is 31.4 Å². The number of aryl methyl sites for hydroxylation is 1. The molecule has 124 valence electrons. The van der Waals surface area contributed by atoms with Crippen molar-refractivity contribution in [1.29, 1.82) is 0 Å². The Bertz CT molecular complexity index is 726. The first kappa shape index (κ1) is 17.8. The molecule has 0 aliphatic rings. The van der Waals surface area contributed by atoms with Crippen molar-refractivity contribution in [3.05, 3.63) is 33.7 Å². The topological polar surface area (TPSA) is 57.0 Å². The third-order valence-electron chi connectivity index (χ3n) is 3.44. The zero-order valence-electron chi connectivity index (χ0n) is 13.6. The van der Waals surface area contributed by atoms with Crippen molar-refractivity contribution < 1.29 is 9.53 Å². The Hall–Kier alpha value is -1.59. The van der Waals surface area contributed by atoms with Crippen LogP contribution in [0.1, 0.15) is 49.7 Å². The van der Waals surface area contributed by atoms with Crippen LogP contribution in [-0.4, -0.2) is 27.3 Å². The lowest BCUT2D eigenvalue weighted by atomic mass is 9.97. The number of hydrogen-bond donors (Lipinski definition) is 0. The van der Waals surface area contributed by atoms with E-state index < -0.39 is 5.97 Å². The van der Waals surface area contributed by atoms with E-state index in [0.29, 0.717) is 17.4 Å². The molecule has 0 saturated carbocycles. The van der Waals surface area contributed by atoms with Crippen molar-refractivity contribution in [3.63, 3.8) is 0 Å². The normalized spacial score (nSPS) is 11.1. The molecular weight excluding hydrogens is 337 g/mol. The highest BCUT2D eigenvalue weighted by Gasteiger charge is 2.25. The van der Waals surface area contributed by atoms with Gasteiger partial charge in [0, 0.05) is 18.3 Å². The third kappa shape index (κ3) is 3.51. The van der Waals surface area contributed by atoms with Crippen LogP contribution >= 0.6 is 23.2 Å². The molecule has 0 aromatic carbocycles. The minimum atomic E-state index is -0.529. The van der Waals surface area contributed by atoms with Gasteiger partial charge in [-0.3, -0.25) is 4.68 Å². The molecule has 0 aliphatic carbocycles. The maximum Gasteiger partial charge on any atom is 0.360 e. The van der Waals surface area contributed by atoms with Gasteiger partial charge in [-0.25, -0.2) is 9.78 Å².